The summed E-state index contributed by atoms with van der Waals surface area (Å²) in [6.07, 6.45) is 0.438. The van der Waals surface area contributed by atoms with Gasteiger partial charge < -0.3 is 5.32 Å². The highest BCUT2D eigenvalue weighted by Crippen LogP contribution is 2.20. The number of nitrogens with one attached hydrogen (secondary N) is 1. The summed E-state index contributed by atoms with van der Waals surface area (Å²) in [4.78, 5) is 41.9. The number of nitrogens with zero attached hydrogens (tertiary/aromatic N) is 2. The maximum atomic E-state index is 13.3. The molecule has 1 aromatic heterocycles. The van der Waals surface area contributed by atoms with Crippen molar-refractivity contribution in [3.63, 3.8) is 0 Å². The number of sulfonamides is 1. The molecule has 4 rings (SSSR count). The van der Waals surface area contributed by atoms with Gasteiger partial charge in [-0.05, 0) is 67.4 Å². The Balaban J connectivity index is 1.52. The van der Waals surface area contributed by atoms with Crippen LogP contribution >= 0.6 is 11.8 Å². The van der Waals surface area contributed by atoms with Crippen LogP contribution in [-0.2, 0) is 27.8 Å². The van der Waals surface area contributed by atoms with Crippen LogP contribution in [0.4, 0.5) is 5.69 Å². The summed E-state index contributed by atoms with van der Waals surface area (Å²) in [5.74, 6) is -0.329. The van der Waals surface area contributed by atoms with Gasteiger partial charge in [0.1, 0.15) is 0 Å². The van der Waals surface area contributed by atoms with E-state index in [9.17, 15) is 22.8 Å². The highest BCUT2D eigenvalue weighted by molar-refractivity contribution is 7.99. The number of aryl methyl sites for hydroxylation is 1. The number of fused-ring (bicyclic) bond motifs is 1. The van der Waals surface area contributed by atoms with E-state index in [2.05, 4.69) is 10.3 Å². The molecule has 0 bridgehead atoms. The van der Waals surface area contributed by atoms with Crippen LogP contribution in [0.15, 0.2) is 87.6 Å². The van der Waals surface area contributed by atoms with Crippen LogP contribution in [0.1, 0.15) is 22.8 Å². The number of para-hydroxylation sites is 1. The van der Waals surface area contributed by atoms with Crippen LogP contribution in [0.2, 0.25) is 0 Å². The normalized spacial score (nSPS) is 11.4. The van der Waals surface area contributed by atoms with Crippen molar-refractivity contribution in [2.45, 2.75) is 29.9 Å². The number of Topliss-reactive ketones (excluding diaryl/α,β-unsaturated/α-hetero) is 1. The van der Waals surface area contributed by atoms with Gasteiger partial charge in [0.05, 0.1) is 21.6 Å². The molecule has 0 saturated carbocycles. The first-order valence-corrected chi connectivity index (χ1v) is 13.8. The number of carbonyl (C=O) groups is 2. The second-order valence-electron chi connectivity index (χ2n) is 8.28. The van der Waals surface area contributed by atoms with E-state index in [1.165, 1.54) is 23.6 Å². The van der Waals surface area contributed by atoms with Crippen molar-refractivity contribution < 1.29 is 18.0 Å². The number of benzene rings is 3. The van der Waals surface area contributed by atoms with Gasteiger partial charge in [0.2, 0.25) is 15.9 Å². The van der Waals surface area contributed by atoms with E-state index in [4.69, 9.17) is 5.14 Å². The molecule has 1 amide bonds. The monoisotopic (exact) mass is 536 g/mol. The zero-order valence-corrected chi connectivity index (χ0v) is 21.5. The minimum Gasteiger partial charge on any atom is -0.325 e. The average molecular weight is 537 g/mol. The number of hydrogen-bond acceptors (Lipinski definition) is 7. The third-order valence-electron chi connectivity index (χ3n) is 5.61. The number of ketones is 1. The first kappa shape index (κ1) is 26.3. The largest absolute Gasteiger partial charge is 0.325 e. The van der Waals surface area contributed by atoms with Crippen molar-refractivity contribution in [2.75, 3.05) is 11.1 Å². The minimum atomic E-state index is -3.79. The Morgan fingerprint density at radius 2 is 1.68 bits per heavy atom. The number of nitrogens with two attached hydrogens (primary N) is 1. The molecule has 37 heavy (non-hydrogen) atoms. The predicted molar refractivity (Wildman–Crippen MR) is 143 cm³/mol. The van der Waals surface area contributed by atoms with Gasteiger partial charge >= 0.3 is 0 Å². The lowest BCUT2D eigenvalue weighted by Crippen LogP contribution is -2.25. The van der Waals surface area contributed by atoms with E-state index >= 15 is 0 Å². The van der Waals surface area contributed by atoms with Crippen LogP contribution < -0.4 is 16.0 Å². The zero-order chi connectivity index (χ0) is 26.6. The average Bonchev–Trinajstić information content (AvgIpc) is 2.87. The molecular weight excluding hydrogens is 512 g/mol. The van der Waals surface area contributed by atoms with Crippen LogP contribution in [0.25, 0.3) is 10.9 Å². The van der Waals surface area contributed by atoms with E-state index in [-0.39, 0.29) is 34.4 Å². The lowest BCUT2D eigenvalue weighted by Gasteiger charge is -2.13. The highest BCUT2D eigenvalue weighted by Gasteiger charge is 2.14. The number of rotatable bonds is 9. The summed E-state index contributed by atoms with van der Waals surface area (Å²) >= 11 is 1.14. The molecule has 0 atom stereocenters. The molecule has 0 aliphatic rings. The molecule has 0 aliphatic carbocycles. The fourth-order valence-corrected chi connectivity index (χ4v) is 5.00. The quantitative estimate of drug-likeness (QED) is 0.190. The van der Waals surface area contributed by atoms with Crippen molar-refractivity contribution in [2.24, 2.45) is 5.14 Å². The summed E-state index contributed by atoms with van der Waals surface area (Å²) in [5, 5.41) is 8.80. The molecule has 11 heteroatoms. The smallest absolute Gasteiger partial charge is 0.262 e. The lowest BCUT2D eigenvalue weighted by atomic mass is 10.1. The molecule has 0 aliphatic heterocycles. The Bertz CT molecular complexity index is 1630. The Hall–Kier alpha value is -3.80. The summed E-state index contributed by atoms with van der Waals surface area (Å²) in [6.45, 7) is 1.75. The SMILES string of the molecule is CC(=O)c1ccc(NC(=O)CSc2nc3ccccc3c(=O)n2CCc2ccc(S(N)(=O)=O)cc2)cc1. The zero-order valence-electron chi connectivity index (χ0n) is 19.9. The first-order chi connectivity index (χ1) is 17.6. The van der Waals surface area contributed by atoms with Gasteiger partial charge in [0, 0.05) is 17.8 Å². The Morgan fingerprint density at radius 3 is 2.32 bits per heavy atom. The van der Waals surface area contributed by atoms with E-state index in [1.54, 1.807) is 60.7 Å². The number of primary sulfonamides is 1. The van der Waals surface area contributed by atoms with Crippen molar-refractivity contribution in [3.05, 3.63) is 94.3 Å². The van der Waals surface area contributed by atoms with Crippen molar-refractivity contribution in [3.8, 4) is 0 Å². The van der Waals surface area contributed by atoms with E-state index < -0.39 is 10.0 Å². The Morgan fingerprint density at radius 1 is 1.00 bits per heavy atom. The fourth-order valence-electron chi connectivity index (χ4n) is 3.66. The van der Waals surface area contributed by atoms with E-state index in [1.807, 2.05) is 0 Å². The van der Waals surface area contributed by atoms with Gasteiger partial charge in [0.25, 0.3) is 5.56 Å². The number of thioether (sulfide) groups is 1. The number of amides is 1. The highest BCUT2D eigenvalue weighted by atomic mass is 32.2. The molecule has 3 N–H and O–H groups in total. The van der Waals surface area contributed by atoms with Crippen molar-refractivity contribution in [1.29, 1.82) is 0 Å². The second-order valence-corrected chi connectivity index (χ2v) is 10.8. The molecule has 0 unspecified atom stereocenters. The number of aromatic nitrogens is 2. The summed E-state index contributed by atoms with van der Waals surface area (Å²) in [5.41, 5.74) is 2.23. The Labute approximate surface area is 217 Å². The van der Waals surface area contributed by atoms with E-state index in [0.29, 0.717) is 33.7 Å². The predicted octanol–water partition coefficient (Wildman–Crippen LogP) is 3.22. The van der Waals surface area contributed by atoms with Gasteiger partial charge in [-0.3, -0.25) is 19.0 Å². The fraction of sp³-hybridized carbons (Fsp3) is 0.154. The van der Waals surface area contributed by atoms with Crippen LogP contribution in [-0.4, -0.2) is 35.4 Å². The number of anilines is 1. The Kier molecular flexibility index (Phi) is 7.86. The van der Waals surface area contributed by atoms with Crippen molar-refractivity contribution in [1.82, 2.24) is 9.55 Å². The molecular formula is C26H24N4O5S2. The molecule has 0 radical (unpaired) electrons. The summed E-state index contributed by atoms with van der Waals surface area (Å²) < 4.78 is 24.5. The lowest BCUT2D eigenvalue weighted by molar-refractivity contribution is -0.113. The maximum Gasteiger partial charge on any atom is 0.262 e. The summed E-state index contributed by atoms with van der Waals surface area (Å²) in [6, 6.07) is 19.7. The van der Waals surface area contributed by atoms with Crippen molar-refractivity contribution >= 4 is 50.1 Å². The van der Waals surface area contributed by atoms with Gasteiger partial charge in [-0.1, -0.05) is 36.0 Å². The van der Waals surface area contributed by atoms with E-state index in [0.717, 1.165) is 17.3 Å². The molecule has 4 aromatic rings. The molecule has 190 valence electrons. The second kappa shape index (κ2) is 11.1. The van der Waals surface area contributed by atoms with Crippen LogP contribution in [0.3, 0.4) is 0 Å². The van der Waals surface area contributed by atoms with Gasteiger partial charge in [-0.2, -0.15) is 0 Å². The first-order valence-electron chi connectivity index (χ1n) is 11.3. The minimum absolute atomic E-state index is 0.0129. The number of carbonyl (C=O) groups excluding carboxylic acids is 2. The standard InChI is InChI=1S/C26H24N4O5S2/c1-17(31)19-8-10-20(11-9-19)28-24(32)16-36-26-29-23-5-3-2-4-22(23)25(33)30(26)15-14-18-6-12-21(13-7-18)37(27,34)35/h2-13H,14-16H2,1H3,(H,28,32)(H2,27,34,35). The molecule has 1 heterocycles. The summed E-state index contributed by atoms with van der Waals surface area (Å²) in [7, 11) is -3.79. The third-order valence-corrected chi connectivity index (χ3v) is 7.52. The molecule has 9 nitrogen and oxygen atoms in total. The molecule has 0 saturated heterocycles. The molecule has 0 spiro atoms. The topological polar surface area (TPSA) is 141 Å². The molecule has 3 aromatic carbocycles. The van der Waals surface area contributed by atoms with Gasteiger partial charge in [-0.15, -0.1) is 0 Å². The van der Waals surface area contributed by atoms with Crippen LogP contribution in [0.5, 0.6) is 0 Å². The maximum absolute atomic E-state index is 13.3. The van der Waals surface area contributed by atoms with Gasteiger partial charge in [-0.25, -0.2) is 18.5 Å². The van der Waals surface area contributed by atoms with Crippen LogP contribution in [0, 0.1) is 0 Å². The number of hydrogen-bond donors (Lipinski definition) is 2. The van der Waals surface area contributed by atoms with Gasteiger partial charge in [0.15, 0.2) is 10.9 Å². The molecule has 0 fully saturated rings. The third kappa shape index (κ3) is 6.50.